The molecule has 0 N–H and O–H groups in total. The second-order valence-electron chi connectivity index (χ2n) is 8.11. The highest BCUT2D eigenvalue weighted by Gasteiger charge is 2.25. The molecule has 0 unspecified atom stereocenters. The van der Waals surface area contributed by atoms with E-state index in [0.29, 0.717) is 0 Å². The van der Waals surface area contributed by atoms with Gasteiger partial charge in [-0.05, 0) is 6.07 Å². The quantitative estimate of drug-likeness (QED) is 0.645. The predicted octanol–water partition coefficient (Wildman–Crippen LogP) is 4.61. The van der Waals surface area contributed by atoms with Crippen LogP contribution in [0, 0.1) is 0 Å². The average molecular weight is 400 g/mol. The van der Waals surface area contributed by atoms with Gasteiger partial charge in [0.1, 0.15) is 0 Å². The number of rotatable bonds is 3. The van der Waals surface area contributed by atoms with Gasteiger partial charge in [-0.1, -0.05) is 39.0 Å². The Hall–Kier alpha value is -1.76. The first-order valence-corrected chi connectivity index (χ1v) is 11.1. The van der Waals surface area contributed by atoms with E-state index in [1.807, 2.05) is 28.5 Å². The molecule has 1 fully saturated rings. The minimum Gasteiger partial charge on any atom is -0.336 e. The van der Waals surface area contributed by atoms with Crippen molar-refractivity contribution in [1.82, 2.24) is 14.8 Å². The van der Waals surface area contributed by atoms with Crippen molar-refractivity contribution in [2.45, 2.75) is 32.7 Å². The van der Waals surface area contributed by atoms with E-state index in [0.717, 1.165) is 49.4 Å². The molecule has 0 bridgehead atoms. The van der Waals surface area contributed by atoms with Gasteiger partial charge in [-0.25, -0.2) is 4.98 Å². The van der Waals surface area contributed by atoms with Crippen LogP contribution < -0.4 is 0 Å². The number of piperazine rings is 1. The predicted molar refractivity (Wildman–Crippen MR) is 114 cm³/mol. The molecule has 2 aromatic heterocycles. The molecule has 0 atom stereocenters. The molecule has 1 amide bonds. The van der Waals surface area contributed by atoms with Gasteiger partial charge in [-0.3, -0.25) is 9.69 Å². The first kappa shape index (κ1) is 18.6. The lowest BCUT2D eigenvalue weighted by molar-refractivity contribution is 0.0629. The minimum atomic E-state index is 0.108. The summed E-state index contributed by atoms with van der Waals surface area (Å²) in [6.45, 7) is 10.8. The maximum Gasteiger partial charge on any atom is 0.255 e. The number of carbonyl (C=O) groups is 1. The standard InChI is InChI=1S/C21H25N3OS2/c1-21(2,3)20-22-15(13-27-20)12-23-8-10-24(11-9-23)19(25)17-14-26-18-7-5-4-6-16(17)18/h4-7,13-14H,8-12H2,1-3H3. The summed E-state index contributed by atoms with van der Waals surface area (Å²) in [4.78, 5) is 22.2. The molecule has 3 heterocycles. The smallest absolute Gasteiger partial charge is 0.255 e. The van der Waals surface area contributed by atoms with Crippen LogP contribution in [0.2, 0.25) is 0 Å². The fraction of sp³-hybridized carbons (Fsp3) is 0.429. The normalized spacial score (nSPS) is 16.2. The number of benzene rings is 1. The van der Waals surface area contributed by atoms with Crippen molar-refractivity contribution in [1.29, 1.82) is 0 Å². The molecule has 0 aliphatic carbocycles. The molecule has 1 saturated heterocycles. The Balaban J connectivity index is 1.37. The summed E-state index contributed by atoms with van der Waals surface area (Å²) >= 11 is 3.40. The summed E-state index contributed by atoms with van der Waals surface area (Å²) in [6, 6.07) is 8.15. The van der Waals surface area contributed by atoms with Crippen molar-refractivity contribution < 1.29 is 4.79 Å². The Morgan fingerprint density at radius 1 is 1.07 bits per heavy atom. The summed E-state index contributed by atoms with van der Waals surface area (Å²) < 4.78 is 1.18. The summed E-state index contributed by atoms with van der Waals surface area (Å²) in [6.07, 6.45) is 0. The zero-order chi connectivity index (χ0) is 19.0. The molecule has 27 heavy (non-hydrogen) atoms. The number of carbonyl (C=O) groups excluding carboxylic acids is 1. The van der Waals surface area contributed by atoms with Crippen LogP contribution in [0.4, 0.5) is 0 Å². The van der Waals surface area contributed by atoms with E-state index in [1.54, 1.807) is 22.7 Å². The van der Waals surface area contributed by atoms with Crippen molar-refractivity contribution in [3.63, 3.8) is 0 Å². The Kier molecular flexibility index (Phi) is 5.05. The van der Waals surface area contributed by atoms with E-state index < -0.39 is 0 Å². The van der Waals surface area contributed by atoms with Gasteiger partial charge in [0, 0.05) is 59.0 Å². The molecule has 4 rings (SSSR count). The number of fused-ring (bicyclic) bond motifs is 1. The fourth-order valence-corrected chi connectivity index (χ4v) is 5.21. The van der Waals surface area contributed by atoms with Gasteiger partial charge in [-0.15, -0.1) is 22.7 Å². The van der Waals surface area contributed by atoms with Gasteiger partial charge in [0.2, 0.25) is 0 Å². The zero-order valence-corrected chi connectivity index (χ0v) is 17.7. The lowest BCUT2D eigenvalue weighted by Gasteiger charge is -2.34. The first-order valence-electron chi connectivity index (χ1n) is 9.34. The highest BCUT2D eigenvalue weighted by atomic mass is 32.1. The average Bonchev–Trinajstić information content (AvgIpc) is 3.28. The van der Waals surface area contributed by atoms with E-state index in [9.17, 15) is 4.79 Å². The van der Waals surface area contributed by atoms with Crippen LogP contribution in [0.15, 0.2) is 35.0 Å². The highest BCUT2D eigenvalue weighted by Crippen LogP contribution is 2.28. The minimum absolute atomic E-state index is 0.108. The van der Waals surface area contributed by atoms with Gasteiger partial charge in [0.15, 0.2) is 0 Å². The number of thiophene rings is 1. The second kappa shape index (κ2) is 7.34. The van der Waals surface area contributed by atoms with Crippen LogP contribution in [-0.4, -0.2) is 46.9 Å². The van der Waals surface area contributed by atoms with Gasteiger partial charge in [-0.2, -0.15) is 0 Å². The van der Waals surface area contributed by atoms with E-state index in [4.69, 9.17) is 4.98 Å². The molecular weight excluding hydrogens is 374 g/mol. The van der Waals surface area contributed by atoms with Gasteiger partial charge >= 0.3 is 0 Å². The van der Waals surface area contributed by atoms with Crippen LogP contribution >= 0.6 is 22.7 Å². The molecule has 6 heteroatoms. The molecule has 0 radical (unpaired) electrons. The summed E-state index contributed by atoms with van der Waals surface area (Å²) in [5.41, 5.74) is 2.10. The molecule has 0 spiro atoms. The van der Waals surface area contributed by atoms with Crippen molar-refractivity contribution >= 4 is 38.7 Å². The Morgan fingerprint density at radius 3 is 2.52 bits per heavy atom. The molecule has 1 aliphatic rings. The molecular formula is C21H25N3OS2. The summed E-state index contributed by atoms with van der Waals surface area (Å²) in [5, 5.41) is 6.45. The molecule has 1 aromatic carbocycles. The van der Waals surface area contributed by atoms with E-state index in [2.05, 4.69) is 37.1 Å². The number of hydrogen-bond donors (Lipinski definition) is 0. The maximum atomic E-state index is 13.0. The fourth-order valence-electron chi connectivity index (χ4n) is 3.38. The zero-order valence-electron chi connectivity index (χ0n) is 16.1. The first-order chi connectivity index (χ1) is 12.9. The topological polar surface area (TPSA) is 36.4 Å². The Morgan fingerprint density at radius 2 is 1.81 bits per heavy atom. The van der Waals surface area contributed by atoms with Crippen LogP contribution in [-0.2, 0) is 12.0 Å². The third-order valence-corrected chi connectivity index (χ3v) is 7.23. The Labute approximate surface area is 168 Å². The lowest BCUT2D eigenvalue weighted by atomic mass is 9.98. The maximum absolute atomic E-state index is 13.0. The van der Waals surface area contributed by atoms with Crippen molar-refractivity contribution in [3.8, 4) is 0 Å². The van der Waals surface area contributed by atoms with Crippen LogP contribution in [0.1, 0.15) is 41.8 Å². The van der Waals surface area contributed by atoms with Gasteiger partial charge in [0.25, 0.3) is 5.91 Å². The summed E-state index contributed by atoms with van der Waals surface area (Å²) in [5.74, 6) is 0.163. The summed E-state index contributed by atoms with van der Waals surface area (Å²) in [7, 11) is 0. The number of amides is 1. The molecule has 0 saturated carbocycles. The van der Waals surface area contributed by atoms with Crippen LogP contribution in [0.5, 0.6) is 0 Å². The largest absolute Gasteiger partial charge is 0.336 e. The SMILES string of the molecule is CC(C)(C)c1nc(CN2CCN(C(=O)c3csc4ccccc34)CC2)cs1. The van der Waals surface area contributed by atoms with Crippen LogP contribution in [0.25, 0.3) is 10.1 Å². The third kappa shape index (κ3) is 3.93. The van der Waals surface area contributed by atoms with Gasteiger partial charge < -0.3 is 4.90 Å². The number of aromatic nitrogens is 1. The monoisotopic (exact) mass is 399 g/mol. The second-order valence-corrected chi connectivity index (χ2v) is 9.88. The van der Waals surface area contributed by atoms with E-state index in [1.165, 1.54) is 9.71 Å². The number of nitrogens with zero attached hydrogens (tertiary/aromatic N) is 3. The lowest BCUT2D eigenvalue weighted by Crippen LogP contribution is -2.48. The van der Waals surface area contributed by atoms with Crippen molar-refractivity contribution in [3.05, 3.63) is 51.3 Å². The number of thiazole rings is 1. The van der Waals surface area contributed by atoms with Crippen molar-refractivity contribution in [2.24, 2.45) is 0 Å². The van der Waals surface area contributed by atoms with Crippen LogP contribution in [0.3, 0.4) is 0 Å². The number of hydrogen-bond acceptors (Lipinski definition) is 5. The molecule has 1 aliphatic heterocycles. The molecule has 142 valence electrons. The highest BCUT2D eigenvalue weighted by molar-refractivity contribution is 7.17. The molecule has 4 nitrogen and oxygen atoms in total. The Bertz CT molecular complexity index is 946. The van der Waals surface area contributed by atoms with E-state index in [-0.39, 0.29) is 11.3 Å². The third-order valence-electron chi connectivity index (χ3n) is 4.95. The molecule has 3 aromatic rings. The van der Waals surface area contributed by atoms with E-state index >= 15 is 0 Å². The van der Waals surface area contributed by atoms with Crippen molar-refractivity contribution in [2.75, 3.05) is 26.2 Å². The van der Waals surface area contributed by atoms with Gasteiger partial charge in [0.05, 0.1) is 16.3 Å².